The van der Waals surface area contributed by atoms with Crippen LogP contribution in [0.1, 0.15) is 12.5 Å². The highest BCUT2D eigenvalue weighted by Crippen LogP contribution is 2.40. The minimum Gasteiger partial charge on any atom is -0.493 e. The molecule has 0 radical (unpaired) electrons. The molecule has 5 rings (SSSR count). The molecule has 0 N–H and O–H groups in total. The highest BCUT2D eigenvalue weighted by atomic mass is 32.2. The third-order valence-electron chi connectivity index (χ3n) is 6.94. The summed E-state index contributed by atoms with van der Waals surface area (Å²) in [5.41, 5.74) is 5.24. The quantitative estimate of drug-likeness (QED) is 0.633. The van der Waals surface area contributed by atoms with E-state index in [1.807, 2.05) is 12.1 Å². The van der Waals surface area contributed by atoms with Gasteiger partial charge >= 0.3 is 0 Å². The van der Waals surface area contributed by atoms with E-state index in [4.69, 9.17) is 9.47 Å². The normalized spacial score (nSPS) is 23.9. The molecule has 0 bridgehead atoms. The van der Waals surface area contributed by atoms with Crippen LogP contribution in [0.5, 0.6) is 11.5 Å². The number of ether oxygens (including phenoxy) is 2. The zero-order valence-corrected chi connectivity index (χ0v) is 20.5. The highest BCUT2D eigenvalue weighted by molar-refractivity contribution is 7.99. The number of carbonyl (C=O) groups is 1. The van der Waals surface area contributed by atoms with Gasteiger partial charge in [-0.25, -0.2) is 0 Å². The summed E-state index contributed by atoms with van der Waals surface area (Å²) in [7, 11) is 5.36. The summed E-state index contributed by atoms with van der Waals surface area (Å²) in [4.78, 5) is 19.3. The van der Waals surface area contributed by atoms with E-state index in [1.165, 1.54) is 11.5 Å². The van der Waals surface area contributed by atoms with Gasteiger partial charge in [-0.05, 0) is 54.0 Å². The summed E-state index contributed by atoms with van der Waals surface area (Å²) in [5.74, 6) is 5.40. The fraction of sp³-hybridized carbons (Fsp3) is 0.423. The first-order valence-electron chi connectivity index (χ1n) is 11.4. The number of rotatable bonds is 6. The Morgan fingerprint density at radius 1 is 1.18 bits per heavy atom. The number of carbonyl (C=O) groups excluding carboxylic acids is 1. The molecule has 7 heteroatoms. The lowest BCUT2D eigenvalue weighted by molar-refractivity contribution is -0.113. The van der Waals surface area contributed by atoms with Crippen LogP contribution in [-0.4, -0.2) is 66.3 Å². The Kier molecular flexibility index (Phi) is 5.91. The number of benzene rings is 1. The molecule has 2 unspecified atom stereocenters. The van der Waals surface area contributed by atoms with Crippen LogP contribution < -0.4 is 9.47 Å². The van der Waals surface area contributed by atoms with Crippen molar-refractivity contribution in [3.8, 4) is 11.5 Å². The molecular weight excluding hydrogens is 434 g/mol. The van der Waals surface area contributed by atoms with Crippen molar-refractivity contribution >= 4 is 17.5 Å². The molecule has 1 fully saturated rings. The van der Waals surface area contributed by atoms with Crippen molar-refractivity contribution in [3.63, 3.8) is 0 Å². The Labute approximate surface area is 200 Å². The van der Waals surface area contributed by atoms with Gasteiger partial charge < -0.3 is 24.2 Å². The van der Waals surface area contributed by atoms with Gasteiger partial charge in [-0.2, -0.15) is 11.8 Å². The number of methoxy groups -OCH3 is 2. The van der Waals surface area contributed by atoms with Crippen LogP contribution >= 0.6 is 11.8 Å². The first kappa shape index (κ1) is 22.0. The number of ketones is 1. The van der Waals surface area contributed by atoms with Gasteiger partial charge in [-0.3, -0.25) is 4.79 Å². The summed E-state index contributed by atoms with van der Waals surface area (Å²) in [5, 5.41) is 0. The van der Waals surface area contributed by atoms with Gasteiger partial charge in [0.15, 0.2) is 17.3 Å². The summed E-state index contributed by atoms with van der Waals surface area (Å²) >= 11 is 2.06. The minimum absolute atomic E-state index is 0.123. The average Bonchev–Trinajstić information content (AvgIpc) is 3.43. The summed E-state index contributed by atoms with van der Waals surface area (Å²) in [6, 6.07) is 6.00. The largest absolute Gasteiger partial charge is 0.493 e. The second-order valence-corrected chi connectivity index (χ2v) is 10.2. The molecule has 4 heterocycles. The average molecular weight is 466 g/mol. The number of hydrogen-bond acceptors (Lipinski definition) is 7. The Morgan fingerprint density at radius 2 is 2.00 bits per heavy atom. The smallest absolute Gasteiger partial charge is 0.161 e. The van der Waals surface area contributed by atoms with Crippen LogP contribution in [0.4, 0.5) is 0 Å². The van der Waals surface area contributed by atoms with E-state index in [0.717, 1.165) is 34.8 Å². The first-order chi connectivity index (χ1) is 16.0. The molecule has 6 nitrogen and oxygen atoms in total. The van der Waals surface area contributed by atoms with Gasteiger partial charge in [0.2, 0.25) is 0 Å². The number of allylic oxidation sites excluding steroid dienone is 2. The monoisotopic (exact) mass is 465 g/mol. The fourth-order valence-corrected chi connectivity index (χ4v) is 6.55. The molecule has 4 aliphatic rings. The zero-order valence-electron chi connectivity index (χ0n) is 19.7. The van der Waals surface area contributed by atoms with Gasteiger partial charge in [0.1, 0.15) is 0 Å². The molecule has 0 amide bonds. The lowest BCUT2D eigenvalue weighted by Gasteiger charge is -2.36. The molecular formula is C26H31N3O3S. The second kappa shape index (κ2) is 8.86. The third kappa shape index (κ3) is 4.03. The van der Waals surface area contributed by atoms with Gasteiger partial charge in [-0.1, -0.05) is 12.1 Å². The van der Waals surface area contributed by atoms with Crippen molar-refractivity contribution in [2.45, 2.75) is 13.5 Å². The van der Waals surface area contributed by atoms with Crippen molar-refractivity contribution < 1.29 is 14.3 Å². The van der Waals surface area contributed by atoms with Gasteiger partial charge in [0.25, 0.3) is 0 Å². The van der Waals surface area contributed by atoms with E-state index in [-0.39, 0.29) is 5.78 Å². The van der Waals surface area contributed by atoms with Crippen LogP contribution in [0.2, 0.25) is 0 Å². The van der Waals surface area contributed by atoms with Gasteiger partial charge in [0.05, 0.1) is 31.3 Å². The molecule has 174 valence electrons. The second-order valence-electron chi connectivity index (χ2n) is 9.10. The maximum Gasteiger partial charge on any atom is 0.161 e. The number of thioether (sulfide) groups is 1. The number of fused-ring (bicyclic) bond motifs is 2. The summed E-state index contributed by atoms with van der Waals surface area (Å²) < 4.78 is 10.9. The maximum absolute atomic E-state index is 12.5. The summed E-state index contributed by atoms with van der Waals surface area (Å²) in [6.45, 7) is 3.98. The van der Waals surface area contributed by atoms with E-state index in [1.54, 1.807) is 21.1 Å². The van der Waals surface area contributed by atoms with Crippen molar-refractivity contribution in [1.82, 2.24) is 14.7 Å². The van der Waals surface area contributed by atoms with E-state index in [0.29, 0.717) is 36.4 Å². The minimum atomic E-state index is 0.123. The Hall–Kier alpha value is -2.80. The standard InChI is InChI=1S/C26H31N3O3S/c1-17(30)22-14-27(2)23-10-21(28-8-7-19-15-33-16-20(19)12-28)13-29(26(22)23)11-18-5-6-24(31-3)25(9-18)32-4/h5-10,13,19-20H,11-12,14-16H2,1-4H3. The molecule has 2 atom stereocenters. The molecule has 1 aromatic rings. The molecule has 4 aliphatic heterocycles. The van der Waals surface area contributed by atoms with E-state index >= 15 is 0 Å². The Bertz CT molecular complexity index is 1090. The van der Waals surface area contributed by atoms with Crippen molar-refractivity contribution in [1.29, 1.82) is 0 Å². The van der Waals surface area contributed by atoms with Crippen molar-refractivity contribution in [3.05, 3.63) is 71.0 Å². The van der Waals surface area contributed by atoms with E-state index < -0.39 is 0 Å². The highest BCUT2D eigenvalue weighted by Gasteiger charge is 2.35. The van der Waals surface area contributed by atoms with Crippen molar-refractivity contribution in [2.75, 3.05) is 45.9 Å². The number of hydrogen-bond donors (Lipinski definition) is 0. The molecule has 0 aliphatic carbocycles. The van der Waals surface area contributed by atoms with Gasteiger partial charge in [-0.15, -0.1) is 0 Å². The molecule has 1 saturated heterocycles. The molecule has 0 spiro atoms. The molecule has 1 aromatic carbocycles. The Balaban J connectivity index is 1.52. The van der Waals surface area contributed by atoms with Crippen LogP contribution in [0.15, 0.2) is 65.4 Å². The predicted molar refractivity (Wildman–Crippen MR) is 132 cm³/mol. The van der Waals surface area contributed by atoms with Crippen LogP contribution in [-0.2, 0) is 11.3 Å². The number of Topliss-reactive ketones (excluding diaryl/α,β-unsaturated/α-hetero) is 1. The zero-order chi connectivity index (χ0) is 23.1. The third-order valence-corrected chi connectivity index (χ3v) is 8.23. The van der Waals surface area contributed by atoms with E-state index in [2.05, 4.69) is 64.1 Å². The lowest BCUT2D eigenvalue weighted by atomic mass is 9.92. The Morgan fingerprint density at radius 3 is 2.76 bits per heavy atom. The lowest BCUT2D eigenvalue weighted by Crippen LogP contribution is -2.34. The molecule has 0 saturated carbocycles. The first-order valence-corrected chi connectivity index (χ1v) is 12.5. The maximum atomic E-state index is 12.5. The SMILES string of the molecule is COc1ccc(CN2C=C(N3C=CC4CSCC4C3)C=C3C2=C(C(C)=O)CN3C)cc1OC. The summed E-state index contributed by atoms with van der Waals surface area (Å²) in [6.07, 6.45) is 9.06. The van der Waals surface area contributed by atoms with Gasteiger partial charge in [0, 0.05) is 44.7 Å². The van der Waals surface area contributed by atoms with E-state index in [9.17, 15) is 4.79 Å². The molecule has 0 aromatic heterocycles. The fourth-order valence-electron chi connectivity index (χ4n) is 5.10. The topological polar surface area (TPSA) is 45.2 Å². The predicted octanol–water partition coefficient (Wildman–Crippen LogP) is 3.84. The number of nitrogens with zero attached hydrogens (tertiary/aromatic N) is 3. The van der Waals surface area contributed by atoms with Crippen molar-refractivity contribution in [2.24, 2.45) is 11.8 Å². The van der Waals surface area contributed by atoms with Crippen LogP contribution in [0, 0.1) is 11.8 Å². The van der Waals surface area contributed by atoms with Crippen LogP contribution in [0.25, 0.3) is 0 Å². The number of likely N-dealkylation sites (N-methyl/N-ethyl adjacent to an activating group) is 1. The van der Waals surface area contributed by atoms with Crippen LogP contribution in [0.3, 0.4) is 0 Å². The molecule has 33 heavy (non-hydrogen) atoms.